The summed E-state index contributed by atoms with van der Waals surface area (Å²) in [6.45, 7) is 2.35. The molecule has 154 valence electrons. The predicted molar refractivity (Wildman–Crippen MR) is 119 cm³/mol. The molecule has 4 nitrogen and oxygen atoms in total. The average Bonchev–Trinajstić information content (AvgIpc) is 3.25. The summed E-state index contributed by atoms with van der Waals surface area (Å²) in [6.07, 6.45) is 3.10. The second kappa shape index (κ2) is 10.5. The number of rotatable bonds is 8. The molecule has 0 saturated carbocycles. The van der Waals surface area contributed by atoms with Crippen LogP contribution in [-0.2, 0) is 11.2 Å². The first-order chi connectivity index (χ1) is 14.5. The van der Waals surface area contributed by atoms with Crippen LogP contribution in [0, 0.1) is 12.7 Å². The van der Waals surface area contributed by atoms with Gasteiger partial charge in [-0.05, 0) is 67.1 Å². The van der Waals surface area contributed by atoms with Crippen LogP contribution in [0.4, 0.5) is 4.39 Å². The fourth-order valence-corrected chi connectivity index (χ4v) is 3.55. The van der Waals surface area contributed by atoms with Crippen LogP contribution in [-0.4, -0.2) is 18.4 Å². The van der Waals surface area contributed by atoms with Crippen LogP contribution in [0.25, 0.3) is 6.08 Å². The molecule has 0 fully saturated rings. The third kappa shape index (κ3) is 6.39. The maximum atomic E-state index is 13.0. The lowest BCUT2D eigenvalue weighted by molar-refractivity contribution is -0.117. The standard InChI is InChI=1S/C24H23FN2O2S/c1-17-5-2-7-19(15-17)23(28)27-22(16-21-8-4-14-30-21)24(29)26-13-3-6-18-9-11-20(25)12-10-18/h2,4-5,7-12,14-16H,3,6,13H2,1H3,(H,26,29)(H,27,28)/b22-16-. The smallest absolute Gasteiger partial charge is 0.267 e. The summed E-state index contributed by atoms with van der Waals surface area (Å²) in [4.78, 5) is 26.2. The van der Waals surface area contributed by atoms with Crippen molar-refractivity contribution in [1.29, 1.82) is 0 Å². The monoisotopic (exact) mass is 422 g/mol. The first-order valence-electron chi connectivity index (χ1n) is 9.67. The molecule has 2 aromatic carbocycles. The zero-order chi connectivity index (χ0) is 21.3. The Kier molecular flexibility index (Phi) is 7.51. The molecule has 0 atom stereocenters. The van der Waals surface area contributed by atoms with E-state index >= 15 is 0 Å². The molecule has 0 bridgehead atoms. The minimum atomic E-state index is -0.344. The number of hydrogen-bond acceptors (Lipinski definition) is 3. The van der Waals surface area contributed by atoms with Gasteiger partial charge >= 0.3 is 0 Å². The van der Waals surface area contributed by atoms with Crippen LogP contribution < -0.4 is 10.6 Å². The first kappa shape index (κ1) is 21.5. The van der Waals surface area contributed by atoms with E-state index in [0.717, 1.165) is 22.4 Å². The average molecular weight is 423 g/mol. The summed E-state index contributed by atoms with van der Waals surface area (Å²) in [5.41, 5.74) is 2.67. The highest BCUT2D eigenvalue weighted by atomic mass is 32.1. The molecule has 2 N–H and O–H groups in total. The van der Waals surface area contributed by atoms with E-state index in [-0.39, 0.29) is 23.3 Å². The number of carbonyl (C=O) groups excluding carboxylic acids is 2. The summed E-state index contributed by atoms with van der Waals surface area (Å²) >= 11 is 1.48. The van der Waals surface area contributed by atoms with Crippen molar-refractivity contribution < 1.29 is 14.0 Å². The van der Waals surface area contributed by atoms with Crippen LogP contribution in [0.2, 0.25) is 0 Å². The van der Waals surface area contributed by atoms with Crippen molar-refractivity contribution in [2.24, 2.45) is 0 Å². The number of halogens is 1. The molecule has 0 aliphatic carbocycles. The van der Waals surface area contributed by atoms with E-state index in [4.69, 9.17) is 0 Å². The van der Waals surface area contributed by atoms with Gasteiger partial charge in [-0.1, -0.05) is 35.9 Å². The number of thiophene rings is 1. The van der Waals surface area contributed by atoms with Crippen LogP contribution in [0.3, 0.4) is 0 Å². The SMILES string of the molecule is Cc1cccc(C(=O)N/C(=C\c2cccs2)C(=O)NCCCc2ccc(F)cc2)c1. The summed E-state index contributed by atoms with van der Waals surface area (Å²) in [6, 6.07) is 17.3. The van der Waals surface area contributed by atoms with Crippen LogP contribution in [0.1, 0.15) is 32.8 Å². The van der Waals surface area contributed by atoms with Gasteiger partial charge < -0.3 is 10.6 Å². The number of aryl methyl sites for hydroxylation is 2. The van der Waals surface area contributed by atoms with E-state index in [1.165, 1.54) is 23.5 Å². The molecule has 6 heteroatoms. The molecule has 2 amide bonds. The van der Waals surface area contributed by atoms with Crippen molar-refractivity contribution >= 4 is 29.2 Å². The van der Waals surface area contributed by atoms with E-state index in [1.807, 2.05) is 36.6 Å². The van der Waals surface area contributed by atoms with E-state index in [2.05, 4.69) is 10.6 Å². The molecule has 1 heterocycles. The molecule has 3 aromatic rings. The van der Waals surface area contributed by atoms with Crippen molar-refractivity contribution in [3.8, 4) is 0 Å². The van der Waals surface area contributed by atoms with Gasteiger partial charge in [0.15, 0.2) is 0 Å². The van der Waals surface area contributed by atoms with Crippen LogP contribution in [0.15, 0.2) is 71.7 Å². The molecule has 0 aliphatic rings. The van der Waals surface area contributed by atoms with Gasteiger partial charge in [-0.15, -0.1) is 11.3 Å². The maximum absolute atomic E-state index is 13.0. The summed E-state index contributed by atoms with van der Waals surface area (Å²) < 4.78 is 13.0. The zero-order valence-corrected chi connectivity index (χ0v) is 17.5. The predicted octanol–water partition coefficient (Wildman–Crippen LogP) is 4.72. The van der Waals surface area contributed by atoms with Gasteiger partial charge in [-0.2, -0.15) is 0 Å². The molecule has 0 saturated heterocycles. The highest BCUT2D eigenvalue weighted by Gasteiger charge is 2.15. The Morgan fingerprint density at radius 1 is 1.07 bits per heavy atom. The third-order valence-corrected chi connectivity index (χ3v) is 5.26. The Hall–Kier alpha value is -3.25. The molecule has 0 radical (unpaired) electrons. The highest BCUT2D eigenvalue weighted by Crippen LogP contribution is 2.13. The molecular formula is C24H23FN2O2S. The maximum Gasteiger partial charge on any atom is 0.267 e. The van der Waals surface area contributed by atoms with Crippen molar-refractivity contribution in [3.05, 3.63) is 99.1 Å². The van der Waals surface area contributed by atoms with Crippen molar-refractivity contribution in [2.75, 3.05) is 6.54 Å². The molecule has 0 unspecified atom stereocenters. The quantitative estimate of drug-likeness (QED) is 0.408. The fraction of sp³-hybridized carbons (Fsp3) is 0.167. The molecular weight excluding hydrogens is 399 g/mol. The first-order valence-corrected chi connectivity index (χ1v) is 10.5. The van der Waals surface area contributed by atoms with Crippen LogP contribution >= 0.6 is 11.3 Å². The number of nitrogens with one attached hydrogen (secondary N) is 2. The van der Waals surface area contributed by atoms with E-state index in [1.54, 1.807) is 30.3 Å². The lowest BCUT2D eigenvalue weighted by atomic mass is 10.1. The minimum Gasteiger partial charge on any atom is -0.351 e. The lowest BCUT2D eigenvalue weighted by Crippen LogP contribution is -2.35. The van der Waals surface area contributed by atoms with E-state index in [9.17, 15) is 14.0 Å². The van der Waals surface area contributed by atoms with Gasteiger partial charge in [0.2, 0.25) is 0 Å². The number of amides is 2. The lowest BCUT2D eigenvalue weighted by Gasteiger charge is -2.11. The topological polar surface area (TPSA) is 58.2 Å². The summed E-state index contributed by atoms with van der Waals surface area (Å²) in [5, 5.41) is 7.50. The Labute approximate surface area is 179 Å². The molecule has 30 heavy (non-hydrogen) atoms. The molecule has 0 aliphatic heterocycles. The fourth-order valence-electron chi connectivity index (χ4n) is 2.90. The second-order valence-corrected chi connectivity index (χ2v) is 7.86. The van der Waals surface area contributed by atoms with E-state index < -0.39 is 0 Å². The highest BCUT2D eigenvalue weighted by molar-refractivity contribution is 7.10. The third-order valence-electron chi connectivity index (χ3n) is 4.44. The Balaban J connectivity index is 1.62. The minimum absolute atomic E-state index is 0.200. The normalized spacial score (nSPS) is 11.2. The van der Waals surface area contributed by atoms with Crippen molar-refractivity contribution in [1.82, 2.24) is 10.6 Å². The van der Waals surface area contributed by atoms with Gasteiger partial charge in [0.05, 0.1) is 0 Å². The number of benzene rings is 2. The molecule has 1 aromatic heterocycles. The van der Waals surface area contributed by atoms with Crippen LogP contribution in [0.5, 0.6) is 0 Å². The van der Waals surface area contributed by atoms with Crippen molar-refractivity contribution in [3.63, 3.8) is 0 Å². The zero-order valence-electron chi connectivity index (χ0n) is 16.7. The molecule has 0 spiro atoms. The second-order valence-electron chi connectivity index (χ2n) is 6.88. The van der Waals surface area contributed by atoms with Gasteiger partial charge in [0.1, 0.15) is 11.5 Å². The number of carbonyl (C=O) groups is 2. The summed E-state index contributed by atoms with van der Waals surface area (Å²) in [5.74, 6) is -0.939. The van der Waals surface area contributed by atoms with Gasteiger partial charge in [-0.25, -0.2) is 4.39 Å². The summed E-state index contributed by atoms with van der Waals surface area (Å²) in [7, 11) is 0. The van der Waals surface area contributed by atoms with E-state index in [0.29, 0.717) is 18.5 Å². The number of hydrogen-bond donors (Lipinski definition) is 2. The Morgan fingerprint density at radius 3 is 2.57 bits per heavy atom. The van der Waals surface area contributed by atoms with Gasteiger partial charge in [0, 0.05) is 17.0 Å². The Bertz CT molecular complexity index is 1030. The van der Waals surface area contributed by atoms with Gasteiger partial charge in [0.25, 0.3) is 11.8 Å². The van der Waals surface area contributed by atoms with Crippen molar-refractivity contribution in [2.45, 2.75) is 19.8 Å². The Morgan fingerprint density at radius 2 is 1.87 bits per heavy atom. The molecule has 3 rings (SSSR count). The largest absolute Gasteiger partial charge is 0.351 e. The van der Waals surface area contributed by atoms with Gasteiger partial charge in [-0.3, -0.25) is 9.59 Å².